The lowest BCUT2D eigenvalue weighted by Gasteiger charge is -2.19. The Bertz CT molecular complexity index is 625. The van der Waals surface area contributed by atoms with Crippen molar-refractivity contribution in [3.8, 4) is 0 Å². The molecule has 2 heterocycles. The number of benzene rings is 1. The fourth-order valence-corrected chi connectivity index (χ4v) is 2.94. The summed E-state index contributed by atoms with van der Waals surface area (Å²) in [5.74, 6) is 0.752. The molecule has 0 spiro atoms. The quantitative estimate of drug-likeness (QED) is 0.833. The third-order valence-corrected chi connectivity index (χ3v) is 4.18. The number of nitrogens with zero attached hydrogens (tertiary/aromatic N) is 2. The number of imidazole rings is 1. The summed E-state index contributed by atoms with van der Waals surface area (Å²) in [6.07, 6.45) is 0.849. The minimum Gasteiger partial charge on any atom is -0.465 e. The van der Waals surface area contributed by atoms with E-state index in [1.54, 1.807) is 0 Å². The van der Waals surface area contributed by atoms with Crippen LogP contribution in [0, 0.1) is 0 Å². The molecule has 5 nitrogen and oxygen atoms in total. The van der Waals surface area contributed by atoms with Crippen molar-refractivity contribution in [2.45, 2.75) is 24.2 Å². The van der Waals surface area contributed by atoms with E-state index >= 15 is 0 Å². The van der Waals surface area contributed by atoms with Crippen LogP contribution in [0.25, 0.3) is 11.0 Å². The lowest BCUT2D eigenvalue weighted by molar-refractivity contribution is 0.139. The summed E-state index contributed by atoms with van der Waals surface area (Å²) >= 11 is 3.42. The summed E-state index contributed by atoms with van der Waals surface area (Å²) in [5, 5.41) is 9.97. The molecular weight excluding hydrogens is 310 g/mol. The molecule has 0 aliphatic carbocycles. The number of nitrogens with one attached hydrogen (secondary N) is 1. The van der Waals surface area contributed by atoms with Gasteiger partial charge in [-0.05, 0) is 30.5 Å². The average Bonchev–Trinajstić information content (AvgIpc) is 3.03. The molecule has 2 N–H and O–H groups in total. The second kappa shape index (κ2) is 4.85. The molecule has 1 fully saturated rings. The number of amides is 1. The van der Waals surface area contributed by atoms with Crippen molar-refractivity contribution in [1.29, 1.82) is 0 Å². The number of carboxylic acid groups (broad SMARTS) is 1. The van der Waals surface area contributed by atoms with E-state index in [0.29, 0.717) is 6.54 Å². The van der Waals surface area contributed by atoms with Crippen molar-refractivity contribution in [1.82, 2.24) is 14.9 Å². The second-order valence-corrected chi connectivity index (χ2v) is 5.30. The standard InChI is InChI=1S/C13H14BrN3O2/c14-7-8-3-4-9-10(6-8)16-12(15-9)11-2-1-5-17(11)13(18)19/h3-4,6,11H,1-2,5,7H2,(H,15,16)(H,18,19). The lowest BCUT2D eigenvalue weighted by atomic mass is 10.2. The number of halogens is 1. The number of aromatic nitrogens is 2. The van der Waals surface area contributed by atoms with E-state index in [2.05, 4.69) is 25.9 Å². The van der Waals surface area contributed by atoms with Crippen LogP contribution in [0.3, 0.4) is 0 Å². The van der Waals surface area contributed by atoms with Crippen LogP contribution in [0.5, 0.6) is 0 Å². The molecule has 0 radical (unpaired) electrons. The number of rotatable bonds is 2. The first kappa shape index (κ1) is 12.5. The fourth-order valence-electron chi connectivity index (χ4n) is 2.59. The number of hydrogen-bond acceptors (Lipinski definition) is 2. The molecule has 1 aliphatic rings. The minimum absolute atomic E-state index is 0.141. The van der Waals surface area contributed by atoms with Gasteiger partial charge in [0.2, 0.25) is 0 Å². The molecular formula is C13H14BrN3O2. The maximum atomic E-state index is 11.2. The van der Waals surface area contributed by atoms with E-state index in [1.807, 2.05) is 18.2 Å². The highest BCUT2D eigenvalue weighted by Gasteiger charge is 2.31. The minimum atomic E-state index is -0.871. The first-order valence-electron chi connectivity index (χ1n) is 6.23. The zero-order valence-electron chi connectivity index (χ0n) is 10.3. The number of likely N-dealkylation sites (tertiary alicyclic amines) is 1. The van der Waals surface area contributed by atoms with E-state index in [4.69, 9.17) is 0 Å². The highest BCUT2D eigenvalue weighted by Crippen LogP contribution is 2.31. The number of carbonyl (C=O) groups is 1. The van der Waals surface area contributed by atoms with Crippen molar-refractivity contribution >= 4 is 33.1 Å². The van der Waals surface area contributed by atoms with Crippen molar-refractivity contribution in [3.05, 3.63) is 29.6 Å². The molecule has 6 heteroatoms. The largest absolute Gasteiger partial charge is 0.465 e. The Hall–Kier alpha value is -1.56. The van der Waals surface area contributed by atoms with Gasteiger partial charge in [-0.2, -0.15) is 0 Å². The third-order valence-electron chi connectivity index (χ3n) is 3.53. The van der Waals surface area contributed by atoms with Gasteiger partial charge < -0.3 is 10.1 Å². The Balaban J connectivity index is 1.98. The molecule has 0 saturated carbocycles. The summed E-state index contributed by atoms with van der Waals surface area (Å²) in [4.78, 5) is 20.4. The van der Waals surface area contributed by atoms with Crippen molar-refractivity contribution in [3.63, 3.8) is 0 Å². The first-order chi connectivity index (χ1) is 9.19. The summed E-state index contributed by atoms with van der Waals surface area (Å²) in [6, 6.07) is 5.90. The summed E-state index contributed by atoms with van der Waals surface area (Å²) < 4.78 is 0. The summed E-state index contributed by atoms with van der Waals surface area (Å²) in [5.41, 5.74) is 3.01. The van der Waals surface area contributed by atoms with Crippen molar-refractivity contribution in [2.24, 2.45) is 0 Å². The molecule has 100 valence electrons. The number of H-pyrrole nitrogens is 1. The molecule has 0 bridgehead atoms. The van der Waals surface area contributed by atoms with Gasteiger partial charge in [0.05, 0.1) is 17.1 Å². The predicted octanol–water partition coefficient (Wildman–Crippen LogP) is 3.27. The number of fused-ring (bicyclic) bond motifs is 1. The van der Waals surface area contributed by atoms with Crippen molar-refractivity contribution < 1.29 is 9.90 Å². The van der Waals surface area contributed by atoms with E-state index in [-0.39, 0.29) is 6.04 Å². The van der Waals surface area contributed by atoms with E-state index in [1.165, 1.54) is 4.90 Å². The normalized spacial score (nSPS) is 19.2. The van der Waals surface area contributed by atoms with Crippen LogP contribution in [-0.2, 0) is 5.33 Å². The van der Waals surface area contributed by atoms with Gasteiger partial charge in [-0.15, -0.1) is 0 Å². The van der Waals surface area contributed by atoms with Crippen LogP contribution < -0.4 is 0 Å². The Kier molecular flexibility index (Phi) is 3.18. The summed E-state index contributed by atoms with van der Waals surface area (Å²) in [7, 11) is 0. The van der Waals surface area contributed by atoms with Gasteiger partial charge in [0.1, 0.15) is 5.82 Å². The molecule has 1 atom stereocenters. The lowest BCUT2D eigenvalue weighted by Crippen LogP contribution is -2.29. The van der Waals surface area contributed by atoms with E-state index in [0.717, 1.165) is 40.6 Å². The molecule has 2 aromatic rings. The molecule has 1 saturated heterocycles. The van der Waals surface area contributed by atoms with Crippen molar-refractivity contribution in [2.75, 3.05) is 6.54 Å². The molecule has 1 aromatic heterocycles. The second-order valence-electron chi connectivity index (χ2n) is 4.74. The Morgan fingerprint density at radius 2 is 2.42 bits per heavy atom. The van der Waals surface area contributed by atoms with Crippen LogP contribution in [0.1, 0.15) is 30.3 Å². The van der Waals surface area contributed by atoms with Crippen LogP contribution in [0.2, 0.25) is 0 Å². The molecule has 1 unspecified atom stereocenters. The number of alkyl halides is 1. The Morgan fingerprint density at radius 3 is 3.16 bits per heavy atom. The topological polar surface area (TPSA) is 69.2 Å². The highest BCUT2D eigenvalue weighted by molar-refractivity contribution is 9.08. The van der Waals surface area contributed by atoms with Gasteiger partial charge in [-0.3, -0.25) is 4.90 Å². The smallest absolute Gasteiger partial charge is 0.407 e. The van der Waals surface area contributed by atoms with Gasteiger partial charge in [-0.1, -0.05) is 22.0 Å². The van der Waals surface area contributed by atoms with Gasteiger partial charge in [0, 0.05) is 11.9 Å². The Morgan fingerprint density at radius 1 is 1.58 bits per heavy atom. The molecule has 1 aromatic carbocycles. The summed E-state index contributed by atoms with van der Waals surface area (Å²) in [6.45, 7) is 0.587. The highest BCUT2D eigenvalue weighted by atomic mass is 79.9. The maximum absolute atomic E-state index is 11.2. The molecule has 1 aliphatic heterocycles. The number of hydrogen-bond donors (Lipinski definition) is 2. The fraction of sp³-hybridized carbons (Fsp3) is 0.385. The Labute approximate surface area is 118 Å². The molecule has 1 amide bonds. The van der Waals surface area contributed by atoms with Crippen LogP contribution in [0.15, 0.2) is 18.2 Å². The van der Waals surface area contributed by atoms with Crippen LogP contribution in [0.4, 0.5) is 4.79 Å². The van der Waals surface area contributed by atoms with Crippen LogP contribution in [-0.4, -0.2) is 32.6 Å². The predicted molar refractivity (Wildman–Crippen MR) is 75.4 cm³/mol. The van der Waals surface area contributed by atoms with E-state index in [9.17, 15) is 9.90 Å². The zero-order chi connectivity index (χ0) is 13.4. The van der Waals surface area contributed by atoms with Crippen LogP contribution >= 0.6 is 15.9 Å². The number of aromatic amines is 1. The zero-order valence-corrected chi connectivity index (χ0v) is 11.9. The molecule has 3 rings (SSSR count). The monoisotopic (exact) mass is 323 g/mol. The van der Waals surface area contributed by atoms with E-state index < -0.39 is 6.09 Å². The maximum Gasteiger partial charge on any atom is 0.407 e. The average molecular weight is 324 g/mol. The third kappa shape index (κ3) is 2.20. The van der Waals surface area contributed by atoms with Gasteiger partial charge in [-0.25, -0.2) is 9.78 Å². The van der Waals surface area contributed by atoms with Gasteiger partial charge >= 0.3 is 6.09 Å². The van der Waals surface area contributed by atoms with Gasteiger partial charge in [0.15, 0.2) is 0 Å². The SMILES string of the molecule is O=C(O)N1CCCC1c1nc2cc(CBr)ccc2[nH]1. The molecule has 19 heavy (non-hydrogen) atoms. The first-order valence-corrected chi connectivity index (χ1v) is 7.35. The van der Waals surface area contributed by atoms with Gasteiger partial charge in [0.25, 0.3) is 0 Å².